The van der Waals surface area contributed by atoms with Crippen LogP contribution in [0.3, 0.4) is 0 Å². The Labute approximate surface area is 178 Å². The number of rotatable bonds is 10. The summed E-state index contributed by atoms with van der Waals surface area (Å²) in [6.07, 6.45) is 1.45. The molecule has 2 atom stereocenters. The lowest BCUT2D eigenvalue weighted by Gasteiger charge is -2.31. The molecule has 2 aromatic carbocycles. The molecule has 162 valence electrons. The van der Waals surface area contributed by atoms with Crippen LogP contribution >= 0.6 is 0 Å². The van der Waals surface area contributed by atoms with Gasteiger partial charge in [0.1, 0.15) is 17.6 Å². The van der Waals surface area contributed by atoms with Crippen molar-refractivity contribution in [2.45, 2.75) is 58.7 Å². The number of hydrogen-bond acceptors (Lipinski definition) is 3. The zero-order valence-electron chi connectivity index (χ0n) is 18.2. The van der Waals surface area contributed by atoms with Gasteiger partial charge in [0.2, 0.25) is 11.8 Å². The topological polar surface area (TPSA) is 58.6 Å². The predicted octanol–water partition coefficient (Wildman–Crippen LogP) is 4.10. The lowest BCUT2D eigenvalue weighted by atomic mass is 10.1. The number of ether oxygens (including phenoxy) is 1. The molecule has 2 amide bonds. The highest BCUT2D eigenvalue weighted by atomic mass is 19.1. The van der Waals surface area contributed by atoms with Crippen LogP contribution in [0.25, 0.3) is 0 Å². The van der Waals surface area contributed by atoms with Gasteiger partial charge in [-0.3, -0.25) is 9.59 Å². The van der Waals surface area contributed by atoms with Crippen molar-refractivity contribution >= 4 is 11.8 Å². The summed E-state index contributed by atoms with van der Waals surface area (Å²) >= 11 is 0. The minimum absolute atomic E-state index is 0.0240. The first-order valence-electron chi connectivity index (χ1n) is 10.3. The molecule has 0 aliphatic heterocycles. The van der Waals surface area contributed by atoms with Gasteiger partial charge >= 0.3 is 0 Å². The molecule has 0 radical (unpaired) electrons. The Morgan fingerprint density at radius 1 is 1.00 bits per heavy atom. The van der Waals surface area contributed by atoms with E-state index in [1.54, 1.807) is 36.3 Å². The van der Waals surface area contributed by atoms with Crippen LogP contribution in [0.15, 0.2) is 48.5 Å². The van der Waals surface area contributed by atoms with Gasteiger partial charge in [0.05, 0.1) is 13.5 Å². The summed E-state index contributed by atoms with van der Waals surface area (Å²) < 4.78 is 18.5. The van der Waals surface area contributed by atoms with E-state index in [4.69, 9.17) is 4.74 Å². The molecule has 6 heteroatoms. The molecule has 5 nitrogen and oxygen atoms in total. The van der Waals surface area contributed by atoms with Crippen molar-refractivity contribution in [3.8, 4) is 5.75 Å². The van der Waals surface area contributed by atoms with Gasteiger partial charge in [0.15, 0.2) is 0 Å². The van der Waals surface area contributed by atoms with Gasteiger partial charge in [-0.1, -0.05) is 38.1 Å². The third-order valence-electron chi connectivity index (χ3n) is 5.17. The molecule has 1 N–H and O–H groups in total. The number of nitrogens with one attached hydrogen (secondary N) is 1. The molecule has 0 saturated heterocycles. The number of halogens is 1. The number of hydrogen-bond donors (Lipinski definition) is 1. The Morgan fingerprint density at radius 2 is 1.60 bits per heavy atom. The maximum atomic E-state index is 13.3. The van der Waals surface area contributed by atoms with E-state index in [2.05, 4.69) is 5.32 Å². The van der Waals surface area contributed by atoms with E-state index in [-0.39, 0.29) is 36.6 Å². The smallest absolute Gasteiger partial charge is 0.243 e. The number of amides is 2. The summed E-state index contributed by atoms with van der Waals surface area (Å²) in [4.78, 5) is 27.7. The Morgan fingerprint density at radius 3 is 2.13 bits per heavy atom. The van der Waals surface area contributed by atoms with E-state index in [1.165, 1.54) is 12.1 Å². The zero-order valence-corrected chi connectivity index (χ0v) is 18.2. The first-order chi connectivity index (χ1) is 14.4. The number of benzene rings is 2. The number of methoxy groups -OCH3 is 1. The Hall–Kier alpha value is -2.89. The van der Waals surface area contributed by atoms with Crippen LogP contribution in [-0.4, -0.2) is 35.9 Å². The summed E-state index contributed by atoms with van der Waals surface area (Å²) in [6.45, 7) is 6.06. The highest BCUT2D eigenvalue weighted by Crippen LogP contribution is 2.17. The van der Waals surface area contributed by atoms with Crippen LogP contribution in [0.1, 0.15) is 44.7 Å². The summed E-state index contributed by atoms with van der Waals surface area (Å²) in [5.74, 6) is 0.0535. The predicted molar refractivity (Wildman–Crippen MR) is 116 cm³/mol. The van der Waals surface area contributed by atoms with Crippen molar-refractivity contribution in [1.29, 1.82) is 0 Å². The zero-order chi connectivity index (χ0) is 22.1. The maximum Gasteiger partial charge on any atom is 0.243 e. The minimum atomic E-state index is -0.602. The molecule has 0 aromatic heterocycles. The average molecular weight is 415 g/mol. The van der Waals surface area contributed by atoms with E-state index in [9.17, 15) is 14.0 Å². The Bertz CT molecular complexity index is 821. The normalized spacial score (nSPS) is 12.7. The Kier molecular flexibility index (Phi) is 8.84. The van der Waals surface area contributed by atoms with Gasteiger partial charge in [-0.15, -0.1) is 0 Å². The lowest BCUT2D eigenvalue weighted by molar-refractivity contribution is -0.141. The van der Waals surface area contributed by atoms with Gasteiger partial charge in [-0.2, -0.15) is 0 Å². The fourth-order valence-corrected chi connectivity index (χ4v) is 3.17. The molecule has 2 aromatic rings. The van der Waals surface area contributed by atoms with E-state index in [0.717, 1.165) is 17.5 Å². The fraction of sp³-hybridized carbons (Fsp3) is 0.417. The molecular weight excluding hydrogens is 383 g/mol. The second-order valence-electron chi connectivity index (χ2n) is 7.41. The molecule has 0 bridgehead atoms. The molecule has 0 fully saturated rings. The largest absolute Gasteiger partial charge is 0.497 e. The van der Waals surface area contributed by atoms with E-state index in [1.807, 2.05) is 32.9 Å². The van der Waals surface area contributed by atoms with Crippen LogP contribution in [0.2, 0.25) is 0 Å². The second kappa shape index (κ2) is 11.3. The van der Waals surface area contributed by atoms with Crippen LogP contribution in [0, 0.1) is 5.82 Å². The third kappa shape index (κ3) is 6.58. The van der Waals surface area contributed by atoms with Gasteiger partial charge in [-0.05, 0) is 55.2 Å². The minimum Gasteiger partial charge on any atom is -0.497 e. The fourth-order valence-electron chi connectivity index (χ4n) is 3.17. The van der Waals surface area contributed by atoms with Gasteiger partial charge in [0.25, 0.3) is 0 Å². The number of nitrogens with zero attached hydrogens (tertiary/aromatic N) is 1. The monoisotopic (exact) mass is 414 g/mol. The lowest BCUT2D eigenvalue weighted by Crippen LogP contribution is -2.51. The molecular formula is C24H31FN2O3. The van der Waals surface area contributed by atoms with E-state index in [0.29, 0.717) is 12.2 Å². The van der Waals surface area contributed by atoms with Crippen LogP contribution in [-0.2, 0) is 22.6 Å². The van der Waals surface area contributed by atoms with Gasteiger partial charge in [0, 0.05) is 12.6 Å². The van der Waals surface area contributed by atoms with Crippen LogP contribution in [0.4, 0.5) is 4.39 Å². The molecule has 0 heterocycles. The average Bonchev–Trinajstić information content (AvgIpc) is 2.75. The summed E-state index contributed by atoms with van der Waals surface area (Å²) in [7, 11) is 1.59. The SMILES string of the molecule is CC[C@@H](C)NC(=O)[C@@H](CC)N(Cc1ccc(F)cc1)C(=O)Cc1ccc(OC)cc1. The highest BCUT2D eigenvalue weighted by molar-refractivity contribution is 5.88. The standard InChI is InChI=1S/C24H31FN2O3/c1-5-17(3)26-24(29)22(6-2)27(16-19-7-11-20(25)12-8-19)23(28)15-18-9-13-21(30-4)14-10-18/h7-14,17,22H,5-6,15-16H2,1-4H3,(H,26,29)/t17-,22-/m1/s1. The molecule has 0 spiro atoms. The molecule has 2 rings (SSSR count). The quantitative estimate of drug-likeness (QED) is 0.637. The second-order valence-corrected chi connectivity index (χ2v) is 7.41. The summed E-state index contributed by atoms with van der Waals surface area (Å²) in [5, 5.41) is 2.98. The molecule has 0 aliphatic carbocycles. The maximum absolute atomic E-state index is 13.3. The summed E-state index contributed by atoms with van der Waals surface area (Å²) in [5.41, 5.74) is 1.61. The first-order valence-corrected chi connectivity index (χ1v) is 10.3. The van der Waals surface area contributed by atoms with Crippen molar-refractivity contribution in [3.63, 3.8) is 0 Å². The number of carbonyl (C=O) groups is 2. The van der Waals surface area contributed by atoms with Gasteiger partial charge < -0.3 is 15.0 Å². The number of carbonyl (C=O) groups excluding carboxylic acids is 2. The van der Waals surface area contributed by atoms with Crippen molar-refractivity contribution < 1.29 is 18.7 Å². The van der Waals surface area contributed by atoms with Gasteiger partial charge in [-0.25, -0.2) is 4.39 Å². The molecule has 0 saturated carbocycles. The molecule has 0 aliphatic rings. The van der Waals surface area contributed by atoms with E-state index < -0.39 is 6.04 Å². The van der Waals surface area contributed by atoms with E-state index >= 15 is 0 Å². The molecule has 30 heavy (non-hydrogen) atoms. The third-order valence-corrected chi connectivity index (χ3v) is 5.17. The van der Waals surface area contributed by atoms with Crippen molar-refractivity contribution in [2.24, 2.45) is 0 Å². The summed E-state index contributed by atoms with van der Waals surface area (Å²) in [6, 6.07) is 12.7. The van der Waals surface area contributed by atoms with Crippen LogP contribution < -0.4 is 10.1 Å². The van der Waals surface area contributed by atoms with Crippen molar-refractivity contribution in [1.82, 2.24) is 10.2 Å². The molecule has 0 unspecified atom stereocenters. The first kappa shape index (κ1) is 23.4. The van der Waals surface area contributed by atoms with Crippen molar-refractivity contribution in [2.75, 3.05) is 7.11 Å². The highest BCUT2D eigenvalue weighted by Gasteiger charge is 2.29. The van der Waals surface area contributed by atoms with Crippen molar-refractivity contribution in [3.05, 3.63) is 65.5 Å². The van der Waals surface area contributed by atoms with Crippen LogP contribution in [0.5, 0.6) is 5.75 Å². The Balaban J connectivity index is 2.26.